The Morgan fingerprint density at radius 2 is 1.92 bits per heavy atom. The minimum atomic E-state index is -0.904. The van der Waals surface area contributed by atoms with Crippen LogP contribution < -0.4 is 9.47 Å². The van der Waals surface area contributed by atoms with Crippen molar-refractivity contribution < 1.29 is 23.8 Å². The van der Waals surface area contributed by atoms with Gasteiger partial charge in [-0.05, 0) is 43.3 Å². The molecule has 2 N–H and O–H groups in total. The van der Waals surface area contributed by atoms with Crippen LogP contribution in [0.4, 0.5) is 4.39 Å². The molecule has 0 saturated carbocycles. The molecule has 1 aromatic heterocycles. The summed E-state index contributed by atoms with van der Waals surface area (Å²) < 4.78 is 24.3. The summed E-state index contributed by atoms with van der Waals surface area (Å²) in [6.45, 7) is 1.29. The van der Waals surface area contributed by atoms with E-state index in [2.05, 4.69) is 4.98 Å². The zero-order valence-electron chi connectivity index (χ0n) is 13.7. The van der Waals surface area contributed by atoms with Gasteiger partial charge in [-0.15, -0.1) is 0 Å². The van der Waals surface area contributed by atoms with Crippen molar-refractivity contribution in [3.63, 3.8) is 0 Å². The van der Waals surface area contributed by atoms with Gasteiger partial charge in [-0.1, -0.05) is 6.07 Å². The number of hydrogen-bond donors (Lipinski definition) is 2. The van der Waals surface area contributed by atoms with Crippen LogP contribution in [0.15, 0.2) is 48.7 Å². The quantitative estimate of drug-likeness (QED) is 0.646. The molecular weight excluding hydrogens is 325 g/mol. The summed E-state index contributed by atoms with van der Waals surface area (Å²) in [5.74, 6) is 0.0742. The van der Waals surface area contributed by atoms with Crippen LogP contribution in [0.25, 0.3) is 10.9 Å². The minimum Gasteiger partial charge on any atom is -0.490 e. The standard InChI is InChI=1S/C19H18FNO4/c1-12(22)16-9-13(20)5-6-19(16)25-11-14(23)10-24-18-4-2-3-17-15(18)7-8-21-17/h2-9,14,21,23H,10-11H2,1H3/t14-/m1/s1. The second-order valence-electron chi connectivity index (χ2n) is 5.67. The highest BCUT2D eigenvalue weighted by Gasteiger charge is 2.13. The fraction of sp³-hybridized carbons (Fsp3) is 0.211. The highest BCUT2D eigenvalue weighted by Crippen LogP contribution is 2.25. The molecule has 3 rings (SSSR count). The number of aliphatic hydroxyl groups excluding tert-OH is 1. The number of halogens is 1. The zero-order valence-corrected chi connectivity index (χ0v) is 13.7. The highest BCUT2D eigenvalue weighted by molar-refractivity contribution is 5.96. The lowest BCUT2D eigenvalue weighted by atomic mass is 10.1. The van der Waals surface area contributed by atoms with Crippen LogP contribution in [-0.4, -0.2) is 35.2 Å². The van der Waals surface area contributed by atoms with E-state index in [1.165, 1.54) is 19.1 Å². The van der Waals surface area contributed by atoms with Gasteiger partial charge in [-0.2, -0.15) is 0 Å². The summed E-state index contributed by atoms with van der Waals surface area (Å²) in [6, 6.07) is 11.2. The molecule has 2 aromatic carbocycles. The van der Waals surface area contributed by atoms with Crippen LogP contribution in [-0.2, 0) is 0 Å². The Balaban J connectivity index is 1.59. The highest BCUT2D eigenvalue weighted by atomic mass is 19.1. The van der Waals surface area contributed by atoms with E-state index in [0.717, 1.165) is 17.0 Å². The number of ether oxygens (including phenoxy) is 2. The van der Waals surface area contributed by atoms with Crippen molar-refractivity contribution in [1.29, 1.82) is 0 Å². The maximum Gasteiger partial charge on any atom is 0.163 e. The molecule has 0 amide bonds. The molecule has 25 heavy (non-hydrogen) atoms. The molecule has 3 aromatic rings. The zero-order chi connectivity index (χ0) is 17.8. The molecule has 0 radical (unpaired) electrons. The fourth-order valence-corrected chi connectivity index (χ4v) is 2.51. The molecule has 6 heteroatoms. The molecule has 5 nitrogen and oxygen atoms in total. The van der Waals surface area contributed by atoms with E-state index in [0.29, 0.717) is 5.75 Å². The Labute approximate surface area is 144 Å². The SMILES string of the molecule is CC(=O)c1cc(F)ccc1OC[C@H](O)COc1cccc2[nH]ccc12. The number of H-pyrrole nitrogens is 1. The molecule has 1 heterocycles. The summed E-state index contributed by atoms with van der Waals surface area (Å²) in [5, 5.41) is 11.0. The van der Waals surface area contributed by atoms with Crippen LogP contribution >= 0.6 is 0 Å². The van der Waals surface area contributed by atoms with Crippen LogP contribution in [0.1, 0.15) is 17.3 Å². The van der Waals surface area contributed by atoms with Crippen molar-refractivity contribution in [2.75, 3.05) is 13.2 Å². The number of aromatic amines is 1. The number of carbonyl (C=O) groups excluding carboxylic acids is 1. The summed E-state index contributed by atoms with van der Waals surface area (Å²) in [4.78, 5) is 14.6. The lowest BCUT2D eigenvalue weighted by Gasteiger charge is -2.15. The predicted octanol–water partition coefficient (Wildman–Crippen LogP) is 3.33. The van der Waals surface area contributed by atoms with Crippen molar-refractivity contribution in [1.82, 2.24) is 4.98 Å². The van der Waals surface area contributed by atoms with E-state index < -0.39 is 11.9 Å². The average molecular weight is 343 g/mol. The first kappa shape index (κ1) is 17.0. The molecule has 0 fully saturated rings. The van der Waals surface area contributed by atoms with Gasteiger partial charge in [0.2, 0.25) is 0 Å². The molecule has 0 aliphatic heterocycles. The van der Waals surface area contributed by atoms with E-state index in [1.54, 1.807) is 0 Å². The van der Waals surface area contributed by atoms with E-state index in [9.17, 15) is 14.3 Å². The number of benzene rings is 2. The second kappa shape index (κ2) is 7.36. The number of hydrogen-bond acceptors (Lipinski definition) is 4. The van der Waals surface area contributed by atoms with Crippen LogP contribution in [0.5, 0.6) is 11.5 Å². The minimum absolute atomic E-state index is 0.0287. The lowest BCUT2D eigenvalue weighted by Crippen LogP contribution is -2.25. The molecule has 1 atom stereocenters. The number of aromatic nitrogens is 1. The van der Waals surface area contributed by atoms with Crippen LogP contribution in [0, 0.1) is 5.82 Å². The Morgan fingerprint density at radius 1 is 1.16 bits per heavy atom. The first-order valence-corrected chi connectivity index (χ1v) is 7.85. The third kappa shape index (κ3) is 3.97. The third-order valence-corrected chi connectivity index (χ3v) is 3.74. The molecular formula is C19H18FNO4. The van der Waals surface area contributed by atoms with Crippen molar-refractivity contribution in [2.45, 2.75) is 13.0 Å². The maximum atomic E-state index is 13.2. The van der Waals surface area contributed by atoms with Crippen molar-refractivity contribution in [3.05, 3.63) is 60.0 Å². The van der Waals surface area contributed by atoms with Gasteiger partial charge in [0.15, 0.2) is 5.78 Å². The smallest absolute Gasteiger partial charge is 0.163 e. The Bertz CT molecular complexity index is 890. The fourth-order valence-electron chi connectivity index (χ4n) is 2.51. The number of aliphatic hydroxyl groups is 1. The summed E-state index contributed by atoms with van der Waals surface area (Å²) in [5.41, 5.74) is 1.09. The molecule has 0 saturated heterocycles. The monoisotopic (exact) mass is 343 g/mol. The molecule has 0 bridgehead atoms. The van der Waals surface area contributed by atoms with Gasteiger partial charge in [0.05, 0.1) is 5.56 Å². The van der Waals surface area contributed by atoms with Gasteiger partial charge < -0.3 is 19.6 Å². The van der Waals surface area contributed by atoms with Gasteiger partial charge in [0.1, 0.15) is 36.6 Å². The summed E-state index contributed by atoms with van der Waals surface area (Å²) in [6.07, 6.45) is 0.911. The van der Waals surface area contributed by atoms with Gasteiger partial charge in [-0.3, -0.25) is 4.79 Å². The number of Topliss-reactive ketones (excluding diaryl/α,β-unsaturated/α-hetero) is 1. The largest absolute Gasteiger partial charge is 0.490 e. The maximum absolute atomic E-state index is 13.2. The van der Waals surface area contributed by atoms with Crippen molar-refractivity contribution in [3.8, 4) is 11.5 Å². The molecule has 0 aliphatic carbocycles. The summed E-state index contributed by atoms with van der Waals surface area (Å²) in [7, 11) is 0. The average Bonchev–Trinajstić information content (AvgIpc) is 3.08. The normalized spacial score (nSPS) is 12.1. The first-order chi connectivity index (χ1) is 12.0. The molecule has 130 valence electrons. The van der Waals surface area contributed by atoms with Gasteiger partial charge >= 0.3 is 0 Å². The van der Waals surface area contributed by atoms with E-state index in [-0.39, 0.29) is 30.3 Å². The van der Waals surface area contributed by atoms with Gasteiger partial charge in [0, 0.05) is 17.1 Å². The number of fused-ring (bicyclic) bond motifs is 1. The topological polar surface area (TPSA) is 71.6 Å². The number of carbonyl (C=O) groups is 1. The van der Waals surface area contributed by atoms with E-state index in [1.807, 2.05) is 30.5 Å². The van der Waals surface area contributed by atoms with Crippen molar-refractivity contribution >= 4 is 16.7 Å². The van der Waals surface area contributed by atoms with Crippen LogP contribution in [0.3, 0.4) is 0 Å². The molecule has 0 aliphatic rings. The second-order valence-corrected chi connectivity index (χ2v) is 5.67. The summed E-state index contributed by atoms with van der Waals surface area (Å²) >= 11 is 0. The predicted molar refractivity (Wildman–Crippen MR) is 91.7 cm³/mol. The molecule has 0 unspecified atom stereocenters. The first-order valence-electron chi connectivity index (χ1n) is 7.85. The Morgan fingerprint density at radius 3 is 2.68 bits per heavy atom. The number of ketones is 1. The van der Waals surface area contributed by atoms with Crippen molar-refractivity contribution in [2.24, 2.45) is 0 Å². The van der Waals surface area contributed by atoms with Gasteiger partial charge in [-0.25, -0.2) is 4.39 Å². The van der Waals surface area contributed by atoms with Gasteiger partial charge in [0.25, 0.3) is 0 Å². The Kier molecular flexibility index (Phi) is 5.00. The van der Waals surface area contributed by atoms with Crippen LogP contribution in [0.2, 0.25) is 0 Å². The lowest BCUT2D eigenvalue weighted by molar-refractivity contribution is 0.0625. The molecule has 0 spiro atoms. The number of rotatable bonds is 7. The third-order valence-electron chi connectivity index (χ3n) is 3.74. The van der Waals surface area contributed by atoms with E-state index in [4.69, 9.17) is 9.47 Å². The Hall–Kier alpha value is -2.86. The van der Waals surface area contributed by atoms with E-state index >= 15 is 0 Å². The number of nitrogens with one attached hydrogen (secondary N) is 1.